The zero-order valence-electron chi connectivity index (χ0n) is 21.8. The Balaban J connectivity index is 1.36. The molecule has 0 amide bonds. The van der Waals surface area contributed by atoms with Crippen LogP contribution in [0, 0.1) is 0 Å². The van der Waals surface area contributed by atoms with Gasteiger partial charge in [0.05, 0.1) is 26.4 Å². The van der Waals surface area contributed by atoms with Crippen LogP contribution in [0.5, 0.6) is 0 Å². The molecule has 0 spiro atoms. The summed E-state index contributed by atoms with van der Waals surface area (Å²) in [6.07, 6.45) is -2.64. The summed E-state index contributed by atoms with van der Waals surface area (Å²) in [5.74, 6) is 0. The molecule has 6 heteroatoms. The van der Waals surface area contributed by atoms with Gasteiger partial charge in [0.15, 0.2) is 0 Å². The number of hydrogen-bond acceptors (Lipinski definition) is 6. The molecule has 0 saturated carbocycles. The average Bonchev–Trinajstić information content (AvgIpc) is 2.99. The van der Waals surface area contributed by atoms with Crippen LogP contribution in [-0.4, -0.2) is 41.6 Å². The molecular formula is C33H34O5S. The van der Waals surface area contributed by atoms with Crippen molar-refractivity contribution in [2.24, 2.45) is 0 Å². The summed E-state index contributed by atoms with van der Waals surface area (Å²) in [6.45, 7) is 1.41. The molecule has 39 heavy (non-hydrogen) atoms. The first-order valence-electron chi connectivity index (χ1n) is 13.2. The number of thioether (sulfide) groups is 1. The number of aliphatic hydroxyl groups is 1. The van der Waals surface area contributed by atoms with E-state index in [1.54, 1.807) is 11.8 Å². The van der Waals surface area contributed by atoms with E-state index in [-0.39, 0.29) is 6.61 Å². The van der Waals surface area contributed by atoms with Crippen molar-refractivity contribution in [1.82, 2.24) is 0 Å². The van der Waals surface area contributed by atoms with Crippen LogP contribution < -0.4 is 0 Å². The van der Waals surface area contributed by atoms with Gasteiger partial charge in [-0.15, -0.1) is 0 Å². The highest BCUT2D eigenvalue weighted by Gasteiger charge is 2.47. The van der Waals surface area contributed by atoms with Gasteiger partial charge in [-0.3, -0.25) is 0 Å². The van der Waals surface area contributed by atoms with E-state index in [0.29, 0.717) is 19.8 Å². The van der Waals surface area contributed by atoms with Gasteiger partial charge in [-0.25, -0.2) is 0 Å². The van der Waals surface area contributed by atoms with Crippen molar-refractivity contribution in [3.63, 3.8) is 0 Å². The van der Waals surface area contributed by atoms with Crippen molar-refractivity contribution in [1.29, 1.82) is 0 Å². The smallest absolute Gasteiger partial charge is 0.137 e. The Hall–Kier alpha value is -2.97. The van der Waals surface area contributed by atoms with E-state index in [4.69, 9.17) is 18.9 Å². The predicted octanol–water partition coefficient (Wildman–Crippen LogP) is 6.25. The molecule has 1 aliphatic heterocycles. The average molecular weight is 543 g/mol. The molecule has 1 N–H and O–H groups in total. The van der Waals surface area contributed by atoms with E-state index in [1.807, 2.05) is 121 Å². The molecule has 1 saturated heterocycles. The summed E-state index contributed by atoms with van der Waals surface area (Å²) in [5.41, 5.74) is 2.73. The van der Waals surface area contributed by atoms with Crippen molar-refractivity contribution >= 4 is 11.8 Å². The SMILES string of the molecule is O[C@H]1[C@H](OCc2ccccc2)[C@H](OCc2ccccc2)[C@@H](Sc2ccccc2)O[C@@H]1COCc1ccccc1. The minimum absolute atomic E-state index is 0.235. The minimum atomic E-state index is -0.933. The number of aliphatic hydroxyl groups excluding tert-OH is 1. The second kappa shape index (κ2) is 14.4. The third kappa shape index (κ3) is 8.02. The van der Waals surface area contributed by atoms with E-state index >= 15 is 0 Å². The predicted molar refractivity (Wildman–Crippen MR) is 153 cm³/mol. The van der Waals surface area contributed by atoms with Crippen LogP contribution in [0.4, 0.5) is 0 Å². The number of hydrogen-bond donors (Lipinski definition) is 1. The highest BCUT2D eigenvalue weighted by atomic mass is 32.2. The summed E-state index contributed by atoms with van der Waals surface area (Å²) in [5, 5.41) is 11.5. The second-order valence-corrected chi connectivity index (χ2v) is 10.7. The first-order chi connectivity index (χ1) is 19.3. The summed E-state index contributed by atoms with van der Waals surface area (Å²) in [7, 11) is 0. The lowest BCUT2D eigenvalue weighted by Gasteiger charge is -2.44. The fourth-order valence-electron chi connectivity index (χ4n) is 4.52. The molecule has 1 fully saturated rings. The van der Waals surface area contributed by atoms with Gasteiger partial charge in [0, 0.05) is 4.90 Å². The second-order valence-electron chi connectivity index (χ2n) is 9.49. The van der Waals surface area contributed by atoms with Gasteiger partial charge < -0.3 is 24.1 Å². The first kappa shape index (κ1) is 27.6. The van der Waals surface area contributed by atoms with E-state index < -0.39 is 29.9 Å². The molecule has 0 aromatic heterocycles. The van der Waals surface area contributed by atoms with Gasteiger partial charge in [0.1, 0.15) is 29.9 Å². The highest BCUT2D eigenvalue weighted by molar-refractivity contribution is 7.99. The fourth-order valence-corrected chi connectivity index (χ4v) is 5.67. The highest BCUT2D eigenvalue weighted by Crippen LogP contribution is 2.37. The fraction of sp³-hybridized carbons (Fsp3) is 0.273. The van der Waals surface area contributed by atoms with Gasteiger partial charge in [-0.05, 0) is 28.8 Å². The third-order valence-electron chi connectivity index (χ3n) is 6.58. The van der Waals surface area contributed by atoms with Crippen molar-refractivity contribution < 1.29 is 24.1 Å². The Bertz CT molecular complexity index is 1230. The molecule has 5 atom stereocenters. The van der Waals surface area contributed by atoms with Crippen molar-refractivity contribution in [3.05, 3.63) is 138 Å². The van der Waals surface area contributed by atoms with Crippen LogP contribution >= 0.6 is 11.8 Å². The number of ether oxygens (including phenoxy) is 4. The van der Waals surface area contributed by atoms with Crippen LogP contribution in [0.1, 0.15) is 16.7 Å². The summed E-state index contributed by atoms with van der Waals surface area (Å²) in [4.78, 5) is 1.05. The third-order valence-corrected chi connectivity index (χ3v) is 7.73. The van der Waals surface area contributed by atoms with Crippen molar-refractivity contribution in [2.45, 2.75) is 54.6 Å². The Labute approximate surface area is 234 Å². The normalized spacial score (nSPS) is 22.9. The van der Waals surface area contributed by atoms with Crippen molar-refractivity contribution in [3.8, 4) is 0 Å². The minimum Gasteiger partial charge on any atom is -0.387 e. The Kier molecular flexibility index (Phi) is 10.2. The van der Waals surface area contributed by atoms with Gasteiger partial charge in [0.2, 0.25) is 0 Å². The van der Waals surface area contributed by atoms with Crippen LogP contribution in [-0.2, 0) is 38.8 Å². The van der Waals surface area contributed by atoms with Gasteiger partial charge >= 0.3 is 0 Å². The summed E-state index contributed by atoms with van der Waals surface area (Å²) in [6, 6.07) is 40.1. The molecule has 202 valence electrons. The van der Waals surface area contributed by atoms with Crippen LogP contribution in [0.25, 0.3) is 0 Å². The topological polar surface area (TPSA) is 57.2 Å². The van der Waals surface area contributed by atoms with E-state index in [0.717, 1.165) is 21.6 Å². The van der Waals surface area contributed by atoms with E-state index in [2.05, 4.69) is 0 Å². The summed E-state index contributed by atoms with van der Waals surface area (Å²) < 4.78 is 25.4. The molecule has 4 aromatic carbocycles. The molecule has 0 unspecified atom stereocenters. The monoisotopic (exact) mass is 542 g/mol. The Morgan fingerprint density at radius 1 is 0.590 bits per heavy atom. The molecule has 0 aliphatic carbocycles. The molecular weight excluding hydrogens is 508 g/mol. The van der Waals surface area contributed by atoms with E-state index in [1.165, 1.54) is 0 Å². The lowest BCUT2D eigenvalue weighted by atomic mass is 9.99. The molecule has 0 bridgehead atoms. The van der Waals surface area contributed by atoms with Crippen LogP contribution in [0.15, 0.2) is 126 Å². The molecule has 4 aromatic rings. The maximum atomic E-state index is 11.5. The lowest BCUT2D eigenvalue weighted by Crippen LogP contribution is -2.59. The van der Waals surface area contributed by atoms with Crippen LogP contribution in [0.3, 0.4) is 0 Å². The van der Waals surface area contributed by atoms with Gasteiger partial charge in [-0.1, -0.05) is 121 Å². The molecule has 5 rings (SSSR count). The molecule has 0 radical (unpaired) electrons. The van der Waals surface area contributed by atoms with Crippen LogP contribution in [0.2, 0.25) is 0 Å². The van der Waals surface area contributed by atoms with Gasteiger partial charge in [-0.2, -0.15) is 0 Å². The lowest BCUT2D eigenvalue weighted by molar-refractivity contribution is -0.240. The largest absolute Gasteiger partial charge is 0.387 e. The van der Waals surface area contributed by atoms with E-state index in [9.17, 15) is 5.11 Å². The molecule has 1 aliphatic rings. The maximum Gasteiger partial charge on any atom is 0.137 e. The standard InChI is InChI=1S/C33H34O5S/c34-30-29(24-35-21-25-13-5-1-6-14-25)38-33(39-28-19-11-4-12-20-28)32(37-23-27-17-9-3-10-18-27)31(30)36-22-26-15-7-2-8-16-26/h1-20,29-34H,21-24H2/t29-,30-,31+,32+,33-/m1/s1. The Morgan fingerprint density at radius 3 is 1.59 bits per heavy atom. The van der Waals surface area contributed by atoms with Crippen molar-refractivity contribution in [2.75, 3.05) is 6.61 Å². The maximum absolute atomic E-state index is 11.5. The van der Waals surface area contributed by atoms with Gasteiger partial charge in [0.25, 0.3) is 0 Å². The Morgan fingerprint density at radius 2 is 1.05 bits per heavy atom. The quantitative estimate of drug-likeness (QED) is 0.228. The summed E-state index contributed by atoms with van der Waals surface area (Å²) >= 11 is 1.57. The zero-order chi connectivity index (χ0) is 26.7. The number of benzene rings is 4. The first-order valence-corrected chi connectivity index (χ1v) is 14.1. The zero-order valence-corrected chi connectivity index (χ0v) is 22.6. The number of rotatable bonds is 12. The molecule has 1 heterocycles. The molecule has 5 nitrogen and oxygen atoms in total.